The number of aromatic amines is 1. The van der Waals surface area contributed by atoms with Crippen LogP contribution < -0.4 is 11.2 Å². The Hall–Kier alpha value is -1.04. The molecule has 3 rings (SSSR count). The molecule has 2 aliphatic heterocycles. The first-order chi connectivity index (χ1) is 19.1. The molecule has 242 valence electrons. The smallest absolute Gasteiger partial charge is 0.387 e. The van der Waals surface area contributed by atoms with Gasteiger partial charge in [-0.05, 0) is 0 Å². The number of ether oxygens (including phenoxy) is 2. The van der Waals surface area contributed by atoms with E-state index in [1.165, 1.54) is 0 Å². The van der Waals surface area contributed by atoms with Crippen molar-refractivity contribution in [3.05, 3.63) is 33.1 Å². The van der Waals surface area contributed by atoms with Crippen LogP contribution >= 0.6 is 31.3 Å². The van der Waals surface area contributed by atoms with Gasteiger partial charge in [0.05, 0.1) is 13.2 Å². The van der Waals surface area contributed by atoms with Crippen LogP contribution in [-0.2, 0) is 49.7 Å². The van der Waals surface area contributed by atoms with Crippen molar-refractivity contribution < 1.29 is 94.8 Å². The van der Waals surface area contributed by atoms with Gasteiger partial charge in [0.15, 0.2) is 12.5 Å². The Morgan fingerprint density at radius 1 is 0.714 bits per heavy atom. The third kappa shape index (κ3) is 9.24. The van der Waals surface area contributed by atoms with Crippen LogP contribution in [0.1, 0.15) is 6.23 Å². The highest BCUT2D eigenvalue weighted by atomic mass is 31.3. The molecule has 0 amide bonds. The molecule has 10 N–H and O–H groups in total. The predicted molar refractivity (Wildman–Crippen MR) is 125 cm³/mol. The van der Waals surface area contributed by atoms with Gasteiger partial charge in [0.1, 0.15) is 36.6 Å². The molecule has 2 fully saturated rings. The lowest BCUT2D eigenvalue weighted by molar-refractivity contribution is -0.132. The summed E-state index contributed by atoms with van der Waals surface area (Å²) in [7, 11) is -23.8. The van der Waals surface area contributed by atoms with E-state index in [-0.39, 0.29) is 0 Å². The summed E-state index contributed by atoms with van der Waals surface area (Å²) in [6, 6.07) is 0.874. The Morgan fingerprint density at radius 2 is 1.17 bits per heavy atom. The van der Waals surface area contributed by atoms with Crippen molar-refractivity contribution in [2.45, 2.75) is 49.1 Å². The number of hydrogen-bond acceptors (Lipinski definition) is 18. The normalized spacial score (nSPS) is 35.6. The zero-order chi connectivity index (χ0) is 31.8. The lowest BCUT2D eigenvalue weighted by Gasteiger charge is -2.21. The second-order valence-corrected chi connectivity index (χ2v) is 14.5. The fourth-order valence-corrected chi connectivity index (χ4v) is 8.35. The summed E-state index contributed by atoms with van der Waals surface area (Å²) in [5.74, 6) is 0. The van der Waals surface area contributed by atoms with Gasteiger partial charge in [-0.15, -0.1) is 0 Å². The molecule has 0 spiro atoms. The van der Waals surface area contributed by atoms with E-state index in [2.05, 4.69) is 26.7 Å². The summed E-state index contributed by atoms with van der Waals surface area (Å²) in [4.78, 5) is 63.3. The molecule has 2 saturated heterocycles. The van der Waals surface area contributed by atoms with Gasteiger partial charge in [0, 0.05) is 12.3 Å². The highest BCUT2D eigenvalue weighted by Crippen LogP contribution is 2.71. The van der Waals surface area contributed by atoms with E-state index in [4.69, 9.17) is 4.74 Å². The Morgan fingerprint density at radius 3 is 1.62 bits per heavy atom. The van der Waals surface area contributed by atoms with Crippen molar-refractivity contribution in [3.8, 4) is 0 Å². The zero-order valence-corrected chi connectivity index (χ0v) is 23.8. The molecule has 12 atom stereocenters. The molecular weight excluding hydrogens is 672 g/mol. The first-order valence-corrected chi connectivity index (χ1v) is 16.9. The summed E-state index contributed by atoms with van der Waals surface area (Å²) in [5, 5.41) is 48.4. The molecule has 0 saturated carbocycles. The fourth-order valence-electron chi connectivity index (χ4n) is 3.39. The molecular formula is C14H24N2O22P4. The van der Waals surface area contributed by atoms with Crippen LogP contribution in [0.25, 0.3) is 0 Å². The first kappa shape index (κ1) is 35.4. The molecule has 0 aliphatic carbocycles. The first-order valence-electron chi connectivity index (χ1n) is 10.9. The molecule has 24 nitrogen and oxygen atoms in total. The van der Waals surface area contributed by atoms with E-state index < -0.39 is 105 Å². The van der Waals surface area contributed by atoms with Gasteiger partial charge in [0.2, 0.25) is 0 Å². The van der Waals surface area contributed by atoms with Crippen LogP contribution in [0.15, 0.2) is 21.9 Å². The van der Waals surface area contributed by atoms with Gasteiger partial charge in [-0.2, -0.15) is 12.9 Å². The number of hydrogen-bond donors (Lipinski definition) is 10. The molecule has 0 radical (unpaired) electrons. The molecule has 1 aromatic rings. The monoisotopic (exact) mass is 696 g/mol. The number of phosphoric ester groups is 2. The largest absolute Gasteiger partial charge is 0.490 e. The molecule has 28 heteroatoms. The lowest BCUT2D eigenvalue weighted by Crippen LogP contribution is -2.37. The summed E-state index contributed by atoms with van der Waals surface area (Å²) < 4.78 is 78.1. The average Bonchev–Trinajstić information content (AvgIpc) is 3.23. The van der Waals surface area contributed by atoms with Gasteiger partial charge in [-0.1, -0.05) is 0 Å². The molecule has 0 bridgehead atoms. The minimum Gasteiger partial charge on any atom is -0.387 e. The van der Waals surface area contributed by atoms with Crippen LogP contribution in [0.3, 0.4) is 0 Å². The summed E-state index contributed by atoms with van der Waals surface area (Å²) in [6.07, 6.45) is -13.4. The zero-order valence-electron chi connectivity index (χ0n) is 20.3. The number of aliphatic hydroxyl groups excluding tert-OH is 5. The van der Waals surface area contributed by atoms with E-state index in [1.54, 1.807) is 0 Å². The molecule has 0 aromatic carbocycles. The quantitative estimate of drug-likeness (QED) is 0.0880. The van der Waals surface area contributed by atoms with Crippen molar-refractivity contribution in [3.63, 3.8) is 0 Å². The lowest BCUT2D eigenvalue weighted by atomic mass is 10.1. The highest BCUT2D eigenvalue weighted by Gasteiger charge is 2.49. The van der Waals surface area contributed by atoms with E-state index in [0.29, 0.717) is 4.57 Å². The summed E-state index contributed by atoms with van der Waals surface area (Å²) in [5.41, 5.74) is -1.87. The second kappa shape index (κ2) is 13.1. The van der Waals surface area contributed by atoms with Gasteiger partial charge in [-0.3, -0.25) is 23.4 Å². The number of nitrogens with zero attached hydrogens (tertiary/aromatic N) is 1. The van der Waals surface area contributed by atoms with Crippen molar-refractivity contribution in [1.29, 1.82) is 0 Å². The Bertz CT molecular complexity index is 1430. The number of phosphoric acid groups is 4. The number of aromatic nitrogens is 2. The van der Waals surface area contributed by atoms with Crippen LogP contribution in [0.4, 0.5) is 0 Å². The van der Waals surface area contributed by atoms with Crippen LogP contribution in [0.5, 0.6) is 0 Å². The van der Waals surface area contributed by atoms with Gasteiger partial charge in [0.25, 0.3) is 5.56 Å². The van der Waals surface area contributed by atoms with Crippen molar-refractivity contribution >= 4 is 31.3 Å². The highest BCUT2D eigenvalue weighted by molar-refractivity contribution is 7.69. The number of nitrogens with one attached hydrogen (secondary N) is 1. The Kier molecular flexibility index (Phi) is 11.1. The van der Waals surface area contributed by atoms with E-state index in [1.807, 2.05) is 4.98 Å². The summed E-state index contributed by atoms with van der Waals surface area (Å²) in [6.45, 7) is -2.33. The molecule has 42 heavy (non-hydrogen) atoms. The number of rotatable bonds is 13. The van der Waals surface area contributed by atoms with Crippen LogP contribution in [0.2, 0.25) is 0 Å². The van der Waals surface area contributed by atoms with Crippen LogP contribution in [-0.4, -0.2) is 111 Å². The molecule has 2 aliphatic rings. The van der Waals surface area contributed by atoms with E-state index >= 15 is 0 Å². The maximum absolute atomic E-state index is 12.1. The number of aliphatic hydroxyl groups is 5. The third-order valence-electron chi connectivity index (χ3n) is 5.22. The average molecular weight is 696 g/mol. The number of H-pyrrole nitrogens is 1. The minimum absolute atomic E-state index is 0.651. The van der Waals surface area contributed by atoms with Gasteiger partial charge in [-0.25, -0.2) is 23.1 Å². The van der Waals surface area contributed by atoms with Gasteiger partial charge >= 0.3 is 37.0 Å². The molecule has 1 aromatic heterocycles. The topological polar surface area (TPSA) is 370 Å². The van der Waals surface area contributed by atoms with E-state index in [9.17, 15) is 73.0 Å². The van der Waals surface area contributed by atoms with Crippen molar-refractivity contribution in [2.24, 2.45) is 0 Å². The summed E-state index contributed by atoms with van der Waals surface area (Å²) >= 11 is 0. The standard InChI is InChI=1S/C14H24N2O22P4/c17-7-1-2-16(14(23)15-7)12-10(20)8(18)5(34-12)3-32-39(24,25)36-41(28,29)38-42(30,31)37-40(26,27)33-4-6-9(19)11(21)13(22)35-6/h1-2,5-6,8-13,18-22H,3-4H2,(H,24,25)(H,26,27)(H,28,29)(H,30,31)(H,15,17,23)/t5-,6+,8-,9+,10-,11+,12-,13?/m1/s1. The van der Waals surface area contributed by atoms with Crippen molar-refractivity contribution in [2.75, 3.05) is 13.2 Å². The van der Waals surface area contributed by atoms with Crippen LogP contribution in [0, 0.1) is 0 Å². The Balaban J connectivity index is 1.55. The molecule has 3 heterocycles. The SMILES string of the molecule is O=c1ccn([C@@H]2O[C@H](COP(=O)(O)OP(=O)(O)OP(=O)(O)OP(=O)(O)OC[C@@H]3OC(O)[C@@H](O)[C@H]3O)[C@@H](O)[C@H]2O)c(=O)[nH]1. The van der Waals surface area contributed by atoms with Crippen molar-refractivity contribution in [1.82, 2.24) is 9.55 Å². The molecule has 5 unspecified atom stereocenters. The maximum atomic E-state index is 12.1. The third-order valence-corrected chi connectivity index (χ3v) is 11.1. The maximum Gasteiger partial charge on any atom is 0.490 e. The minimum atomic E-state index is -6.17. The van der Waals surface area contributed by atoms with Gasteiger partial charge < -0.3 is 54.6 Å². The van der Waals surface area contributed by atoms with E-state index in [0.717, 1.165) is 12.3 Å². The fraction of sp³-hybridized carbons (Fsp3) is 0.714. The predicted octanol–water partition coefficient (Wildman–Crippen LogP) is -3.92. The second-order valence-electron chi connectivity index (χ2n) is 8.32. The Labute approximate surface area is 231 Å².